The molecule has 2 aromatic rings. The SMILES string of the molecule is CCSc1ccccc1C(=O)NCC(C)c1ccccc1. The number of carbonyl (C=O) groups is 1. The normalized spacial score (nSPS) is 11.9. The van der Waals surface area contributed by atoms with Crippen LogP contribution in [0.5, 0.6) is 0 Å². The maximum absolute atomic E-state index is 12.4. The number of nitrogens with one attached hydrogen (secondary N) is 1. The van der Waals surface area contributed by atoms with E-state index in [1.54, 1.807) is 11.8 Å². The van der Waals surface area contributed by atoms with E-state index in [4.69, 9.17) is 0 Å². The Labute approximate surface area is 131 Å². The van der Waals surface area contributed by atoms with Crippen LogP contribution in [0.2, 0.25) is 0 Å². The summed E-state index contributed by atoms with van der Waals surface area (Å²) < 4.78 is 0. The molecule has 110 valence electrons. The van der Waals surface area contributed by atoms with E-state index in [1.165, 1.54) is 5.56 Å². The van der Waals surface area contributed by atoms with Crippen molar-refractivity contribution in [2.75, 3.05) is 12.3 Å². The fourth-order valence-electron chi connectivity index (χ4n) is 2.18. The Balaban J connectivity index is 1.99. The minimum absolute atomic E-state index is 0.00864. The molecule has 0 aliphatic heterocycles. The molecule has 2 aromatic carbocycles. The molecule has 0 saturated carbocycles. The summed E-state index contributed by atoms with van der Waals surface area (Å²) in [7, 11) is 0. The number of thioether (sulfide) groups is 1. The van der Waals surface area contributed by atoms with E-state index in [0.29, 0.717) is 12.5 Å². The summed E-state index contributed by atoms with van der Waals surface area (Å²) in [4.78, 5) is 13.4. The van der Waals surface area contributed by atoms with E-state index in [2.05, 4.69) is 31.3 Å². The molecule has 2 nitrogen and oxygen atoms in total. The lowest BCUT2D eigenvalue weighted by atomic mass is 10.0. The van der Waals surface area contributed by atoms with Crippen LogP contribution in [0.15, 0.2) is 59.5 Å². The molecular weight excluding hydrogens is 278 g/mol. The molecule has 0 radical (unpaired) electrons. The maximum Gasteiger partial charge on any atom is 0.252 e. The standard InChI is InChI=1S/C18H21NOS/c1-3-21-17-12-8-7-11-16(17)18(20)19-13-14(2)15-9-5-4-6-10-15/h4-12,14H,3,13H2,1-2H3,(H,19,20). The highest BCUT2D eigenvalue weighted by atomic mass is 32.2. The average molecular weight is 299 g/mol. The Bertz CT molecular complexity index is 583. The van der Waals surface area contributed by atoms with Crippen LogP contribution in [0.1, 0.15) is 35.7 Å². The van der Waals surface area contributed by atoms with Crippen LogP contribution in [0.4, 0.5) is 0 Å². The summed E-state index contributed by atoms with van der Waals surface area (Å²) in [6.45, 7) is 4.87. The lowest BCUT2D eigenvalue weighted by Crippen LogP contribution is -2.27. The molecule has 3 heteroatoms. The van der Waals surface area contributed by atoms with Crippen molar-refractivity contribution < 1.29 is 4.79 Å². The van der Waals surface area contributed by atoms with Gasteiger partial charge in [-0.3, -0.25) is 4.79 Å². The van der Waals surface area contributed by atoms with Gasteiger partial charge in [0.15, 0.2) is 0 Å². The van der Waals surface area contributed by atoms with Gasteiger partial charge in [-0.25, -0.2) is 0 Å². The van der Waals surface area contributed by atoms with Crippen molar-refractivity contribution in [3.05, 3.63) is 65.7 Å². The number of rotatable bonds is 6. The van der Waals surface area contributed by atoms with Crippen molar-refractivity contribution in [3.63, 3.8) is 0 Å². The van der Waals surface area contributed by atoms with Crippen molar-refractivity contribution in [2.45, 2.75) is 24.7 Å². The van der Waals surface area contributed by atoms with Gasteiger partial charge in [0.2, 0.25) is 0 Å². The molecule has 0 saturated heterocycles. The van der Waals surface area contributed by atoms with Gasteiger partial charge in [0.1, 0.15) is 0 Å². The highest BCUT2D eigenvalue weighted by Gasteiger charge is 2.12. The number of carbonyl (C=O) groups excluding carboxylic acids is 1. The van der Waals surface area contributed by atoms with Gasteiger partial charge in [0, 0.05) is 11.4 Å². The Kier molecular flexibility index (Phi) is 5.88. The smallest absolute Gasteiger partial charge is 0.252 e. The maximum atomic E-state index is 12.4. The molecule has 0 fully saturated rings. The van der Waals surface area contributed by atoms with E-state index in [9.17, 15) is 4.79 Å². The first-order valence-electron chi connectivity index (χ1n) is 7.27. The third-order valence-corrected chi connectivity index (χ3v) is 4.32. The Morgan fingerprint density at radius 3 is 2.48 bits per heavy atom. The van der Waals surface area contributed by atoms with Crippen molar-refractivity contribution in [3.8, 4) is 0 Å². The van der Waals surface area contributed by atoms with Gasteiger partial charge in [-0.2, -0.15) is 0 Å². The average Bonchev–Trinajstić information content (AvgIpc) is 2.54. The molecule has 1 N–H and O–H groups in total. The lowest BCUT2D eigenvalue weighted by molar-refractivity contribution is 0.0948. The van der Waals surface area contributed by atoms with E-state index in [0.717, 1.165) is 16.2 Å². The second-order valence-electron chi connectivity index (χ2n) is 4.95. The van der Waals surface area contributed by atoms with Crippen LogP contribution < -0.4 is 5.32 Å². The molecule has 2 rings (SSSR count). The second-order valence-corrected chi connectivity index (χ2v) is 6.26. The first kappa shape index (κ1) is 15.6. The summed E-state index contributed by atoms with van der Waals surface area (Å²) in [6.07, 6.45) is 0. The van der Waals surface area contributed by atoms with Crippen LogP contribution in [0.25, 0.3) is 0 Å². The minimum Gasteiger partial charge on any atom is -0.351 e. The van der Waals surface area contributed by atoms with Crippen molar-refractivity contribution in [2.24, 2.45) is 0 Å². The number of amides is 1. The molecule has 1 atom stereocenters. The number of benzene rings is 2. The predicted molar refractivity (Wildman–Crippen MR) is 90.0 cm³/mol. The molecule has 1 amide bonds. The summed E-state index contributed by atoms with van der Waals surface area (Å²) >= 11 is 1.70. The quantitative estimate of drug-likeness (QED) is 0.804. The Morgan fingerprint density at radius 1 is 1.10 bits per heavy atom. The predicted octanol–water partition coefficient (Wildman–Crippen LogP) is 4.33. The van der Waals surface area contributed by atoms with Crippen LogP contribution in [0.3, 0.4) is 0 Å². The molecule has 0 bridgehead atoms. The highest BCUT2D eigenvalue weighted by Crippen LogP contribution is 2.22. The van der Waals surface area contributed by atoms with Crippen molar-refractivity contribution in [1.29, 1.82) is 0 Å². The van der Waals surface area contributed by atoms with Gasteiger partial charge in [0.05, 0.1) is 5.56 Å². The monoisotopic (exact) mass is 299 g/mol. The zero-order valence-electron chi connectivity index (χ0n) is 12.5. The minimum atomic E-state index is 0.00864. The summed E-state index contributed by atoms with van der Waals surface area (Å²) in [5.74, 6) is 1.28. The van der Waals surface area contributed by atoms with Gasteiger partial charge in [0.25, 0.3) is 5.91 Å². The molecule has 1 unspecified atom stereocenters. The Morgan fingerprint density at radius 2 is 1.76 bits per heavy atom. The highest BCUT2D eigenvalue weighted by molar-refractivity contribution is 7.99. The first-order chi connectivity index (χ1) is 10.2. The van der Waals surface area contributed by atoms with Gasteiger partial charge in [-0.05, 0) is 29.4 Å². The molecule has 0 aliphatic carbocycles. The van der Waals surface area contributed by atoms with E-state index >= 15 is 0 Å². The third kappa shape index (κ3) is 4.36. The first-order valence-corrected chi connectivity index (χ1v) is 8.26. The number of hydrogen-bond acceptors (Lipinski definition) is 2. The van der Waals surface area contributed by atoms with Gasteiger partial charge in [-0.15, -0.1) is 11.8 Å². The molecule has 0 aromatic heterocycles. The fourth-order valence-corrected chi connectivity index (χ4v) is 2.98. The van der Waals surface area contributed by atoms with Crippen molar-refractivity contribution in [1.82, 2.24) is 5.32 Å². The van der Waals surface area contributed by atoms with E-state index in [1.807, 2.05) is 42.5 Å². The van der Waals surface area contributed by atoms with Crippen LogP contribution in [0, 0.1) is 0 Å². The van der Waals surface area contributed by atoms with Gasteiger partial charge >= 0.3 is 0 Å². The number of hydrogen-bond donors (Lipinski definition) is 1. The topological polar surface area (TPSA) is 29.1 Å². The van der Waals surface area contributed by atoms with Crippen LogP contribution >= 0.6 is 11.8 Å². The van der Waals surface area contributed by atoms with Crippen molar-refractivity contribution >= 4 is 17.7 Å². The summed E-state index contributed by atoms with van der Waals surface area (Å²) in [6, 6.07) is 18.0. The molecule has 0 heterocycles. The van der Waals surface area contributed by atoms with Crippen LogP contribution in [-0.4, -0.2) is 18.2 Å². The summed E-state index contributed by atoms with van der Waals surface area (Å²) in [5, 5.41) is 3.04. The third-order valence-electron chi connectivity index (χ3n) is 3.37. The van der Waals surface area contributed by atoms with Gasteiger partial charge < -0.3 is 5.32 Å². The second kappa shape index (κ2) is 7.89. The van der Waals surface area contributed by atoms with E-state index in [-0.39, 0.29) is 5.91 Å². The fraction of sp³-hybridized carbons (Fsp3) is 0.278. The van der Waals surface area contributed by atoms with Crippen LogP contribution in [-0.2, 0) is 0 Å². The molecule has 0 aliphatic rings. The molecular formula is C18H21NOS. The zero-order valence-corrected chi connectivity index (χ0v) is 13.3. The zero-order chi connectivity index (χ0) is 15.1. The Hall–Kier alpha value is -1.74. The lowest BCUT2D eigenvalue weighted by Gasteiger charge is -2.14. The van der Waals surface area contributed by atoms with E-state index < -0.39 is 0 Å². The van der Waals surface area contributed by atoms with Gasteiger partial charge in [-0.1, -0.05) is 56.3 Å². The molecule has 0 spiro atoms. The molecule has 21 heavy (non-hydrogen) atoms. The largest absolute Gasteiger partial charge is 0.351 e. The summed E-state index contributed by atoms with van der Waals surface area (Å²) in [5.41, 5.74) is 2.01.